The molecule has 3 aromatic rings. The van der Waals surface area contributed by atoms with Gasteiger partial charge in [-0.15, -0.1) is 0 Å². The Kier molecular flexibility index (Phi) is 4.40. The molecule has 2 aromatic heterocycles. The lowest BCUT2D eigenvalue weighted by atomic mass is 9.92. The Morgan fingerprint density at radius 3 is 2.64 bits per heavy atom. The maximum atomic E-state index is 6.39. The first kappa shape index (κ1) is 16.1. The number of halogens is 1. The molecule has 0 radical (unpaired) electrons. The fraction of sp³-hybridized carbons (Fsp3) is 0.316. The van der Waals surface area contributed by atoms with Crippen molar-refractivity contribution in [3.05, 3.63) is 59.5 Å². The Bertz CT molecular complexity index is 868. The number of benzene rings is 1. The van der Waals surface area contributed by atoms with Gasteiger partial charge in [0, 0.05) is 47.0 Å². The summed E-state index contributed by atoms with van der Waals surface area (Å²) in [5, 5.41) is 0.723. The van der Waals surface area contributed by atoms with E-state index in [0.29, 0.717) is 5.92 Å². The van der Waals surface area contributed by atoms with E-state index in [2.05, 4.69) is 31.8 Å². The summed E-state index contributed by atoms with van der Waals surface area (Å²) in [6.45, 7) is 3.99. The number of aromatic amines is 1. The third-order valence-electron chi connectivity index (χ3n) is 4.91. The van der Waals surface area contributed by atoms with Gasteiger partial charge >= 0.3 is 0 Å². The summed E-state index contributed by atoms with van der Waals surface area (Å²) in [5.74, 6) is 1.47. The third-order valence-corrected chi connectivity index (χ3v) is 5.23. The van der Waals surface area contributed by atoms with Gasteiger partial charge in [0.25, 0.3) is 0 Å². The molecule has 0 aliphatic carbocycles. The number of H-pyrrole nitrogens is 1. The van der Waals surface area contributed by atoms with Crippen LogP contribution >= 0.6 is 11.6 Å². The predicted molar refractivity (Wildman–Crippen MR) is 100.0 cm³/mol. The molecular weight excluding hydrogens is 334 g/mol. The quantitative estimate of drug-likeness (QED) is 0.766. The molecule has 25 heavy (non-hydrogen) atoms. The van der Waals surface area contributed by atoms with E-state index in [1.165, 1.54) is 11.4 Å². The summed E-state index contributed by atoms with van der Waals surface area (Å²) in [4.78, 5) is 18.8. The van der Waals surface area contributed by atoms with Gasteiger partial charge in [0.05, 0.1) is 12.0 Å². The lowest BCUT2D eigenvalue weighted by molar-refractivity contribution is 0.493. The van der Waals surface area contributed by atoms with Crippen molar-refractivity contribution in [2.75, 3.05) is 18.0 Å². The lowest BCUT2D eigenvalue weighted by Gasteiger charge is -2.33. The zero-order chi connectivity index (χ0) is 17.2. The van der Waals surface area contributed by atoms with Gasteiger partial charge in [0.2, 0.25) is 0 Å². The van der Waals surface area contributed by atoms with Crippen LogP contribution < -0.4 is 4.90 Å². The number of hydrogen-bond donors (Lipinski definition) is 1. The van der Waals surface area contributed by atoms with Crippen LogP contribution in [-0.2, 0) is 0 Å². The van der Waals surface area contributed by atoms with Crippen LogP contribution in [0.3, 0.4) is 0 Å². The van der Waals surface area contributed by atoms with Gasteiger partial charge in [-0.25, -0.2) is 15.0 Å². The van der Waals surface area contributed by atoms with Crippen LogP contribution in [0.15, 0.2) is 43.1 Å². The highest BCUT2D eigenvalue weighted by atomic mass is 35.5. The van der Waals surface area contributed by atoms with Gasteiger partial charge in [-0.2, -0.15) is 0 Å². The zero-order valence-electron chi connectivity index (χ0n) is 14.1. The molecular formula is C19H20ClN5. The largest absolute Gasteiger partial charge is 0.356 e. The van der Waals surface area contributed by atoms with Crippen molar-refractivity contribution in [3.8, 4) is 11.1 Å². The summed E-state index contributed by atoms with van der Waals surface area (Å²) in [7, 11) is 0. The fourth-order valence-electron chi connectivity index (χ4n) is 3.59. The fourth-order valence-corrected chi connectivity index (χ4v) is 3.83. The van der Waals surface area contributed by atoms with Crippen molar-refractivity contribution in [1.82, 2.24) is 19.9 Å². The molecule has 0 amide bonds. The first-order valence-electron chi connectivity index (χ1n) is 8.53. The summed E-state index contributed by atoms with van der Waals surface area (Å²) in [5.41, 5.74) is 4.35. The minimum Gasteiger partial charge on any atom is -0.356 e. The molecule has 4 rings (SSSR count). The molecule has 0 bridgehead atoms. The highest BCUT2D eigenvalue weighted by molar-refractivity contribution is 6.33. The van der Waals surface area contributed by atoms with Crippen LogP contribution in [0.25, 0.3) is 11.1 Å². The molecule has 1 N–H and O–H groups in total. The summed E-state index contributed by atoms with van der Waals surface area (Å²) < 4.78 is 0. The average molecular weight is 354 g/mol. The molecule has 1 saturated heterocycles. The van der Waals surface area contributed by atoms with Crippen LogP contribution in [0, 0.1) is 6.92 Å². The number of nitrogens with one attached hydrogen (secondary N) is 1. The molecule has 0 saturated carbocycles. The number of aryl methyl sites for hydroxylation is 1. The normalized spacial score (nSPS) is 15.5. The Labute approximate surface area is 152 Å². The second-order valence-electron chi connectivity index (χ2n) is 6.41. The molecule has 128 valence electrons. The SMILES string of the molecule is Cc1[nH]cnc1C1CCN(c2ncncc2-c2ccccc2Cl)CC1. The van der Waals surface area contributed by atoms with Gasteiger partial charge in [-0.05, 0) is 25.8 Å². The van der Waals surface area contributed by atoms with E-state index in [-0.39, 0.29) is 0 Å². The second-order valence-corrected chi connectivity index (χ2v) is 6.82. The minimum absolute atomic E-state index is 0.508. The molecule has 5 nitrogen and oxygen atoms in total. The van der Waals surface area contributed by atoms with Gasteiger partial charge in [-0.3, -0.25) is 0 Å². The van der Waals surface area contributed by atoms with Crippen LogP contribution in [0.5, 0.6) is 0 Å². The first-order valence-corrected chi connectivity index (χ1v) is 8.91. The Balaban J connectivity index is 1.58. The number of anilines is 1. The average Bonchev–Trinajstić information content (AvgIpc) is 3.08. The van der Waals surface area contributed by atoms with Crippen LogP contribution in [0.2, 0.25) is 5.02 Å². The Morgan fingerprint density at radius 2 is 1.92 bits per heavy atom. The van der Waals surface area contributed by atoms with E-state index in [0.717, 1.165) is 47.9 Å². The van der Waals surface area contributed by atoms with Crippen molar-refractivity contribution in [2.24, 2.45) is 0 Å². The highest BCUT2D eigenvalue weighted by Crippen LogP contribution is 2.36. The van der Waals surface area contributed by atoms with E-state index in [4.69, 9.17) is 11.6 Å². The minimum atomic E-state index is 0.508. The molecule has 6 heteroatoms. The molecule has 0 atom stereocenters. The van der Waals surface area contributed by atoms with E-state index in [9.17, 15) is 0 Å². The van der Waals surface area contributed by atoms with Crippen LogP contribution in [0.1, 0.15) is 30.1 Å². The molecule has 1 aromatic carbocycles. The predicted octanol–water partition coefficient (Wildman–Crippen LogP) is 4.21. The highest BCUT2D eigenvalue weighted by Gasteiger charge is 2.25. The smallest absolute Gasteiger partial charge is 0.139 e. The summed E-state index contributed by atoms with van der Waals surface area (Å²) in [6, 6.07) is 7.85. The third kappa shape index (κ3) is 3.12. The molecule has 1 aliphatic rings. The van der Waals surface area contributed by atoms with E-state index < -0.39 is 0 Å². The second kappa shape index (κ2) is 6.84. The number of nitrogens with zero attached hydrogens (tertiary/aromatic N) is 4. The Hall–Kier alpha value is -2.40. The summed E-state index contributed by atoms with van der Waals surface area (Å²) >= 11 is 6.39. The monoisotopic (exact) mass is 353 g/mol. The topological polar surface area (TPSA) is 57.7 Å². The van der Waals surface area contributed by atoms with E-state index in [1.54, 1.807) is 12.7 Å². The van der Waals surface area contributed by atoms with E-state index in [1.807, 2.05) is 30.5 Å². The van der Waals surface area contributed by atoms with Crippen molar-refractivity contribution in [1.29, 1.82) is 0 Å². The molecule has 0 spiro atoms. The van der Waals surface area contributed by atoms with Crippen LogP contribution in [0.4, 0.5) is 5.82 Å². The number of piperidine rings is 1. The van der Waals surface area contributed by atoms with Crippen molar-refractivity contribution in [2.45, 2.75) is 25.7 Å². The summed E-state index contributed by atoms with van der Waals surface area (Å²) in [6.07, 6.45) is 7.39. The van der Waals surface area contributed by atoms with Crippen molar-refractivity contribution >= 4 is 17.4 Å². The lowest BCUT2D eigenvalue weighted by Crippen LogP contribution is -2.34. The number of hydrogen-bond acceptors (Lipinski definition) is 4. The Morgan fingerprint density at radius 1 is 1.12 bits per heavy atom. The van der Waals surface area contributed by atoms with Crippen molar-refractivity contribution < 1.29 is 0 Å². The van der Waals surface area contributed by atoms with E-state index >= 15 is 0 Å². The molecule has 1 fully saturated rings. The van der Waals surface area contributed by atoms with Gasteiger partial charge in [-0.1, -0.05) is 29.8 Å². The van der Waals surface area contributed by atoms with Gasteiger partial charge < -0.3 is 9.88 Å². The van der Waals surface area contributed by atoms with Crippen molar-refractivity contribution in [3.63, 3.8) is 0 Å². The molecule has 3 heterocycles. The maximum absolute atomic E-state index is 6.39. The number of rotatable bonds is 3. The molecule has 0 unspecified atom stereocenters. The van der Waals surface area contributed by atoms with Crippen LogP contribution in [-0.4, -0.2) is 33.0 Å². The standard InChI is InChI=1S/C19H20ClN5/c1-13-18(23-12-22-13)14-6-8-25(9-7-14)19-16(10-21-11-24-19)15-4-2-3-5-17(15)20/h2-5,10-12,14H,6-9H2,1H3,(H,22,23). The molecule has 1 aliphatic heterocycles. The number of aromatic nitrogens is 4. The first-order chi connectivity index (χ1) is 12.2. The van der Waals surface area contributed by atoms with Gasteiger partial charge in [0.1, 0.15) is 12.1 Å². The number of imidazole rings is 1. The zero-order valence-corrected chi connectivity index (χ0v) is 14.9. The maximum Gasteiger partial charge on any atom is 0.139 e. The van der Waals surface area contributed by atoms with Gasteiger partial charge in [0.15, 0.2) is 0 Å².